The molecule has 0 aliphatic carbocycles. The largest absolute Gasteiger partial charge is 0.329 e. The Morgan fingerprint density at radius 3 is 1.85 bits per heavy atom. The van der Waals surface area contributed by atoms with E-state index >= 15 is 0 Å². The quantitative estimate of drug-likeness (QED) is 0.370. The lowest BCUT2D eigenvalue weighted by molar-refractivity contribution is 0.184. The highest BCUT2D eigenvalue weighted by atomic mass is 31.2. The summed E-state index contributed by atoms with van der Waals surface area (Å²) in [6.07, 6.45) is 9.85. The molecule has 0 spiro atoms. The number of rotatable bonds is 12. The van der Waals surface area contributed by atoms with E-state index in [0.29, 0.717) is 6.42 Å². The topological polar surface area (TPSA) is 57.5 Å². The standard InChI is InChI=1S/C16H35O3P/c1-5-9-11-12-13-15(20(17,18)19)16(7-3,8-4)14-10-6-2/h15H,5-14H2,1-4H3,(H2,17,18,19). The van der Waals surface area contributed by atoms with Gasteiger partial charge in [0.05, 0.1) is 5.66 Å². The van der Waals surface area contributed by atoms with Crippen LogP contribution in [0, 0.1) is 5.41 Å². The van der Waals surface area contributed by atoms with Crippen molar-refractivity contribution in [2.75, 3.05) is 0 Å². The molecular weight excluding hydrogens is 271 g/mol. The second-order valence-electron chi connectivity index (χ2n) is 6.13. The van der Waals surface area contributed by atoms with Gasteiger partial charge in [-0.3, -0.25) is 4.57 Å². The maximum atomic E-state index is 12.0. The van der Waals surface area contributed by atoms with Gasteiger partial charge in [-0.05, 0) is 31.1 Å². The molecular formula is C16H35O3P. The minimum Gasteiger partial charge on any atom is -0.324 e. The van der Waals surface area contributed by atoms with Crippen molar-refractivity contribution in [3.8, 4) is 0 Å². The molecule has 122 valence electrons. The SMILES string of the molecule is CCCCCCC(C(CC)(CC)CCCC)P(=O)(O)O. The molecule has 0 radical (unpaired) electrons. The predicted molar refractivity (Wildman–Crippen MR) is 87.1 cm³/mol. The summed E-state index contributed by atoms with van der Waals surface area (Å²) in [6.45, 7) is 8.48. The molecule has 20 heavy (non-hydrogen) atoms. The van der Waals surface area contributed by atoms with Crippen molar-refractivity contribution >= 4 is 7.60 Å². The first-order valence-corrected chi connectivity index (χ1v) is 10.1. The van der Waals surface area contributed by atoms with Crippen LogP contribution in [0.5, 0.6) is 0 Å². The van der Waals surface area contributed by atoms with Crippen LogP contribution in [0.2, 0.25) is 0 Å². The molecule has 0 fully saturated rings. The zero-order valence-corrected chi connectivity index (χ0v) is 14.8. The molecule has 0 aromatic carbocycles. The van der Waals surface area contributed by atoms with Crippen molar-refractivity contribution in [1.82, 2.24) is 0 Å². The first-order valence-electron chi connectivity index (χ1n) is 8.43. The predicted octanol–water partition coefficient (Wildman–Crippen LogP) is 5.50. The third-order valence-corrected chi connectivity index (χ3v) is 6.50. The summed E-state index contributed by atoms with van der Waals surface area (Å²) in [5.74, 6) is 0. The van der Waals surface area contributed by atoms with Gasteiger partial charge in [-0.2, -0.15) is 0 Å². The molecule has 0 saturated heterocycles. The number of hydrogen-bond donors (Lipinski definition) is 2. The van der Waals surface area contributed by atoms with Gasteiger partial charge in [-0.15, -0.1) is 0 Å². The zero-order chi connectivity index (χ0) is 15.6. The van der Waals surface area contributed by atoms with Crippen LogP contribution in [-0.2, 0) is 4.57 Å². The zero-order valence-electron chi connectivity index (χ0n) is 13.9. The van der Waals surface area contributed by atoms with Crippen LogP contribution in [0.1, 0.15) is 91.9 Å². The van der Waals surface area contributed by atoms with E-state index in [4.69, 9.17) is 0 Å². The average Bonchev–Trinajstić information content (AvgIpc) is 2.40. The van der Waals surface area contributed by atoms with E-state index < -0.39 is 13.3 Å². The highest BCUT2D eigenvalue weighted by Gasteiger charge is 2.44. The third kappa shape index (κ3) is 6.28. The fraction of sp³-hybridized carbons (Fsp3) is 1.00. The van der Waals surface area contributed by atoms with E-state index in [1.807, 2.05) is 0 Å². The first kappa shape index (κ1) is 20.1. The molecule has 4 heteroatoms. The Hall–Kier alpha value is 0.150. The Morgan fingerprint density at radius 1 is 0.900 bits per heavy atom. The van der Waals surface area contributed by atoms with Crippen molar-refractivity contribution in [3.63, 3.8) is 0 Å². The van der Waals surface area contributed by atoms with E-state index in [9.17, 15) is 14.4 Å². The molecule has 0 aliphatic heterocycles. The van der Waals surface area contributed by atoms with E-state index in [0.717, 1.165) is 57.8 Å². The Labute approximate surface area is 125 Å². The Morgan fingerprint density at radius 2 is 1.45 bits per heavy atom. The highest BCUT2D eigenvalue weighted by Crippen LogP contribution is 2.56. The van der Waals surface area contributed by atoms with Crippen molar-refractivity contribution in [3.05, 3.63) is 0 Å². The molecule has 0 aromatic heterocycles. The smallest absolute Gasteiger partial charge is 0.324 e. The van der Waals surface area contributed by atoms with Crippen molar-refractivity contribution < 1.29 is 14.4 Å². The summed E-state index contributed by atoms with van der Waals surface area (Å²) in [5, 5.41) is 0. The number of unbranched alkanes of at least 4 members (excludes halogenated alkanes) is 4. The summed E-state index contributed by atoms with van der Waals surface area (Å²) < 4.78 is 12.0. The van der Waals surface area contributed by atoms with Crippen LogP contribution < -0.4 is 0 Å². The minimum atomic E-state index is -4.02. The van der Waals surface area contributed by atoms with Crippen LogP contribution in [0.3, 0.4) is 0 Å². The van der Waals surface area contributed by atoms with E-state index in [2.05, 4.69) is 27.7 Å². The minimum absolute atomic E-state index is 0.179. The molecule has 0 aliphatic rings. The summed E-state index contributed by atoms with van der Waals surface area (Å²) in [6, 6.07) is 0. The maximum absolute atomic E-state index is 12.0. The molecule has 1 atom stereocenters. The summed E-state index contributed by atoms with van der Waals surface area (Å²) in [7, 11) is -4.02. The van der Waals surface area contributed by atoms with Crippen LogP contribution in [-0.4, -0.2) is 15.4 Å². The van der Waals surface area contributed by atoms with Crippen molar-refractivity contribution in [1.29, 1.82) is 0 Å². The van der Waals surface area contributed by atoms with E-state index in [-0.39, 0.29) is 5.41 Å². The lowest BCUT2D eigenvalue weighted by atomic mass is 9.73. The normalized spacial score (nSPS) is 14.5. The molecule has 1 unspecified atom stereocenters. The Kier molecular flexibility index (Phi) is 10.0. The van der Waals surface area contributed by atoms with E-state index in [1.54, 1.807) is 0 Å². The maximum Gasteiger partial charge on any atom is 0.329 e. The highest BCUT2D eigenvalue weighted by molar-refractivity contribution is 7.52. The van der Waals surface area contributed by atoms with Gasteiger partial charge in [0.2, 0.25) is 0 Å². The van der Waals surface area contributed by atoms with Crippen LogP contribution >= 0.6 is 7.60 Å². The van der Waals surface area contributed by atoms with E-state index in [1.165, 1.54) is 0 Å². The van der Waals surface area contributed by atoms with Gasteiger partial charge >= 0.3 is 7.60 Å². The molecule has 2 N–H and O–H groups in total. The molecule has 0 heterocycles. The fourth-order valence-corrected chi connectivity index (χ4v) is 5.09. The molecule has 3 nitrogen and oxygen atoms in total. The van der Waals surface area contributed by atoms with Gasteiger partial charge in [-0.1, -0.05) is 66.2 Å². The molecule has 0 aromatic rings. The monoisotopic (exact) mass is 306 g/mol. The lowest BCUT2D eigenvalue weighted by Gasteiger charge is -2.40. The summed E-state index contributed by atoms with van der Waals surface area (Å²) in [5.41, 5.74) is -0.630. The van der Waals surface area contributed by atoms with Gasteiger partial charge in [0.15, 0.2) is 0 Å². The number of hydrogen-bond acceptors (Lipinski definition) is 1. The Bertz CT molecular complexity index is 281. The van der Waals surface area contributed by atoms with Gasteiger partial charge in [-0.25, -0.2) is 0 Å². The average molecular weight is 306 g/mol. The van der Waals surface area contributed by atoms with Crippen molar-refractivity contribution in [2.24, 2.45) is 5.41 Å². The first-order chi connectivity index (χ1) is 9.37. The van der Waals surface area contributed by atoms with Gasteiger partial charge < -0.3 is 9.79 Å². The summed E-state index contributed by atoms with van der Waals surface area (Å²) >= 11 is 0. The molecule has 0 amide bonds. The molecule has 0 rings (SSSR count). The lowest BCUT2D eigenvalue weighted by Crippen LogP contribution is -2.34. The third-order valence-electron chi connectivity index (χ3n) is 4.88. The summed E-state index contributed by atoms with van der Waals surface area (Å²) in [4.78, 5) is 19.7. The molecule has 0 bridgehead atoms. The second-order valence-corrected chi connectivity index (χ2v) is 7.93. The van der Waals surface area contributed by atoms with Gasteiger partial charge in [0.25, 0.3) is 0 Å². The van der Waals surface area contributed by atoms with Gasteiger partial charge in [0, 0.05) is 0 Å². The Balaban J connectivity index is 4.97. The van der Waals surface area contributed by atoms with Crippen LogP contribution in [0.15, 0.2) is 0 Å². The van der Waals surface area contributed by atoms with Crippen LogP contribution in [0.4, 0.5) is 0 Å². The fourth-order valence-electron chi connectivity index (χ4n) is 3.37. The molecule has 0 saturated carbocycles. The van der Waals surface area contributed by atoms with Crippen molar-refractivity contribution in [2.45, 2.75) is 97.6 Å². The van der Waals surface area contributed by atoms with Gasteiger partial charge in [0.1, 0.15) is 0 Å². The second kappa shape index (κ2) is 9.97. The van der Waals surface area contributed by atoms with Crippen LogP contribution in [0.25, 0.3) is 0 Å².